The number of ketones is 1. The second-order valence-electron chi connectivity index (χ2n) is 6.32. The van der Waals surface area contributed by atoms with Gasteiger partial charge in [0.2, 0.25) is 0 Å². The van der Waals surface area contributed by atoms with Crippen LogP contribution in [0.5, 0.6) is 5.75 Å². The third-order valence-electron chi connectivity index (χ3n) is 4.17. The number of hydrogen-bond acceptors (Lipinski definition) is 5. The topological polar surface area (TPSA) is 79.2 Å². The summed E-state index contributed by atoms with van der Waals surface area (Å²) in [7, 11) is 11.8. The van der Waals surface area contributed by atoms with E-state index in [1.165, 1.54) is 12.1 Å². The number of aliphatic carboxylic acids is 1. The third kappa shape index (κ3) is 4.22. The number of rotatable bonds is 6. The fourth-order valence-electron chi connectivity index (χ4n) is 2.87. The van der Waals surface area contributed by atoms with Crippen LogP contribution in [0.25, 0.3) is 0 Å². The van der Waals surface area contributed by atoms with Gasteiger partial charge in [0.05, 0.1) is 23.7 Å². The Labute approximate surface area is 159 Å². The Morgan fingerprint density at radius 1 is 1.26 bits per heavy atom. The van der Waals surface area contributed by atoms with E-state index in [0.717, 1.165) is 11.3 Å². The molecule has 0 spiro atoms. The first kappa shape index (κ1) is 18.8. The molecule has 0 fully saturated rings. The standard InChI is InChI=1S/C19H16B2N2O4/c1-11-2-4-16(15(21)6-11)23-9-12(8-22-23)19(26)14-7-13(20)3-5-17(14)27-10-18(24)25/h2-8,12H,9-10H2,1H3,(H,24,25). The number of carbonyl (C=O) groups is 2. The number of carbonyl (C=O) groups excluding carboxylic acids is 1. The van der Waals surface area contributed by atoms with Gasteiger partial charge in [-0.25, -0.2) is 4.79 Å². The lowest BCUT2D eigenvalue weighted by Gasteiger charge is -2.19. The SMILES string of the molecule is [B]c1ccc(OCC(=O)O)c(C(=O)C2C=NN(c3ccc(C)cc3[B])C2)c1. The first-order valence-corrected chi connectivity index (χ1v) is 8.31. The summed E-state index contributed by atoms with van der Waals surface area (Å²) < 4.78 is 5.22. The summed E-state index contributed by atoms with van der Waals surface area (Å²) in [6, 6.07) is 10.2. The largest absolute Gasteiger partial charge is 0.481 e. The second-order valence-corrected chi connectivity index (χ2v) is 6.32. The van der Waals surface area contributed by atoms with E-state index < -0.39 is 18.5 Å². The number of nitrogens with zero attached hydrogens (tertiary/aromatic N) is 2. The van der Waals surface area contributed by atoms with E-state index in [2.05, 4.69) is 5.10 Å². The van der Waals surface area contributed by atoms with Crippen molar-refractivity contribution < 1.29 is 19.4 Å². The number of benzene rings is 2. The van der Waals surface area contributed by atoms with E-state index in [0.29, 0.717) is 17.5 Å². The summed E-state index contributed by atoms with van der Waals surface area (Å²) in [5, 5.41) is 14.8. The van der Waals surface area contributed by atoms with Gasteiger partial charge >= 0.3 is 5.97 Å². The summed E-state index contributed by atoms with van der Waals surface area (Å²) in [5.74, 6) is -1.73. The molecule has 3 rings (SSSR count). The minimum absolute atomic E-state index is 0.179. The Balaban J connectivity index is 1.80. The van der Waals surface area contributed by atoms with E-state index in [1.54, 1.807) is 17.3 Å². The lowest BCUT2D eigenvalue weighted by atomic mass is 9.89. The lowest BCUT2D eigenvalue weighted by molar-refractivity contribution is -0.139. The van der Waals surface area contributed by atoms with Crippen LogP contribution in [0.3, 0.4) is 0 Å². The van der Waals surface area contributed by atoms with Crippen LogP contribution >= 0.6 is 0 Å². The number of hydrazone groups is 1. The van der Waals surface area contributed by atoms with Crippen LogP contribution in [0.1, 0.15) is 15.9 Å². The molecule has 6 nitrogen and oxygen atoms in total. The maximum Gasteiger partial charge on any atom is 0.341 e. The summed E-state index contributed by atoms with van der Waals surface area (Å²) in [6.07, 6.45) is 1.55. The molecule has 0 aliphatic carbocycles. The van der Waals surface area contributed by atoms with Gasteiger partial charge in [-0.05, 0) is 19.1 Å². The van der Waals surface area contributed by atoms with Crippen molar-refractivity contribution in [2.75, 3.05) is 18.2 Å². The van der Waals surface area contributed by atoms with Crippen molar-refractivity contribution in [1.29, 1.82) is 0 Å². The molecule has 132 valence electrons. The van der Waals surface area contributed by atoms with Crippen LogP contribution < -0.4 is 20.7 Å². The van der Waals surface area contributed by atoms with Crippen LogP contribution in [0.15, 0.2) is 41.5 Å². The van der Waals surface area contributed by atoms with Crippen LogP contribution in [0.2, 0.25) is 0 Å². The molecule has 27 heavy (non-hydrogen) atoms. The summed E-state index contributed by atoms with van der Waals surface area (Å²) in [6.45, 7) is 1.71. The van der Waals surface area contributed by atoms with E-state index >= 15 is 0 Å². The van der Waals surface area contributed by atoms with Gasteiger partial charge in [0, 0.05) is 6.21 Å². The van der Waals surface area contributed by atoms with Crippen molar-refractivity contribution in [2.45, 2.75) is 6.92 Å². The fourth-order valence-corrected chi connectivity index (χ4v) is 2.87. The Morgan fingerprint density at radius 3 is 2.74 bits per heavy atom. The minimum Gasteiger partial charge on any atom is -0.481 e. The Kier molecular flexibility index (Phi) is 5.35. The van der Waals surface area contributed by atoms with Gasteiger partial charge in [-0.2, -0.15) is 5.10 Å². The first-order chi connectivity index (χ1) is 12.8. The van der Waals surface area contributed by atoms with Crippen molar-refractivity contribution in [2.24, 2.45) is 11.0 Å². The van der Waals surface area contributed by atoms with Gasteiger partial charge in [-0.1, -0.05) is 40.8 Å². The molecule has 1 heterocycles. The predicted octanol–water partition coefficient (Wildman–Crippen LogP) is 0.351. The number of carboxylic acid groups (broad SMARTS) is 1. The number of carboxylic acids is 1. The number of ether oxygens (including phenoxy) is 1. The van der Waals surface area contributed by atoms with Crippen molar-refractivity contribution in [3.05, 3.63) is 47.5 Å². The number of Topliss-reactive ketones (excluding diaryl/α,β-unsaturated/α-hetero) is 1. The summed E-state index contributed by atoms with van der Waals surface area (Å²) in [5.41, 5.74) is 2.95. The van der Waals surface area contributed by atoms with E-state index in [4.69, 9.17) is 25.5 Å². The Hall–Kier alpha value is -3.02. The molecule has 1 aliphatic rings. The molecule has 0 saturated heterocycles. The highest BCUT2D eigenvalue weighted by molar-refractivity contribution is 6.36. The quantitative estimate of drug-likeness (QED) is 0.596. The second kappa shape index (κ2) is 7.70. The average Bonchev–Trinajstić information content (AvgIpc) is 3.09. The molecule has 2 aromatic carbocycles. The Morgan fingerprint density at radius 2 is 2.04 bits per heavy atom. The highest BCUT2D eigenvalue weighted by Gasteiger charge is 2.29. The molecule has 2 aromatic rings. The Bertz CT molecular complexity index is 930. The number of hydrogen-bond donors (Lipinski definition) is 1. The molecular weight excluding hydrogens is 342 g/mol. The van der Waals surface area contributed by atoms with E-state index in [9.17, 15) is 9.59 Å². The molecule has 0 bridgehead atoms. The molecule has 1 unspecified atom stereocenters. The summed E-state index contributed by atoms with van der Waals surface area (Å²) >= 11 is 0. The molecule has 1 atom stereocenters. The zero-order valence-corrected chi connectivity index (χ0v) is 14.8. The molecule has 1 N–H and O–H groups in total. The van der Waals surface area contributed by atoms with Gasteiger partial charge in [0.25, 0.3) is 0 Å². The zero-order valence-electron chi connectivity index (χ0n) is 14.8. The van der Waals surface area contributed by atoms with Crippen LogP contribution in [0.4, 0.5) is 5.69 Å². The maximum absolute atomic E-state index is 12.9. The van der Waals surface area contributed by atoms with Gasteiger partial charge in [0.15, 0.2) is 12.4 Å². The first-order valence-electron chi connectivity index (χ1n) is 8.31. The average molecular weight is 358 g/mol. The maximum atomic E-state index is 12.9. The van der Waals surface area contributed by atoms with E-state index in [-0.39, 0.29) is 17.1 Å². The minimum atomic E-state index is -1.13. The van der Waals surface area contributed by atoms with Gasteiger partial charge in [-0.3, -0.25) is 9.80 Å². The smallest absolute Gasteiger partial charge is 0.341 e. The molecule has 0 amide bonds. The van der Waals surface area contributed by atoms with Gasteiger partial charge in [-0.15, -0.1) is 0 Å². The fraction of sp³-hybridized carbons (Fsp3) is 0.211. The number of anilines is 1. The molecule has 1 aliphatic heterocycles. The highest BCUT2D eigenvalue weighted by atomic mass is 16.5. The highest BCUT2D eigenvalue weighted by Crippen LogP contribution is 2.25. The van der Waals surface area contributed by atoms with Crippen molar-refractivity contribution in [1.82, 2.24) is 0 Å². The van der Waals surface area contributed by atoms with Gasteiger partial charge in [0.1, 0.15) is 21.4 Å². The van der Waals surface area contributed by atoms with Crippen LogP contribution in [0, 0.1) is 12.8 Å². The molecule has 8 heteroatoms. The lowest BCUT2D eigenvalue weighted by Crippen LogP contribution is -2.28. The van der Waals surface area contributed by atoms with Crippen molar-refractivity contribution in [3.8, 4) is 5.75 Å². The van der Waals surface area contributed by atoms with E-state index in [1.807, 2.05) is 25.1 Å². The number of aryl methyl sites for hydroxylation is 1. The van der Waals surface area contributed by atoms with Crippen molar-refractivity contribution in [3.63, 3.8) is 0 Å². The molecule has 0 aromatic heterocycles. The van der Waals surface area contributed by atoms with Gasteiger partial charge < -0.3 is 9.84 Å². The normalized spacial score (nSPS) is 15.7. The predicted molar refractivity (Wildman–Crippen MR) is 105 cm³/mol. The van der Waals surface area contributed by atoms with Crippen LogP contribution in [-0.4, -0.2) is 51.9 Å². The zero-order chi connectivity index (χ0) is 19.6. The van der Waals surface area contributed by atoms with Crippen molar-refractivity contribution >= 4 is 50.3 Å². The third-order valence-corrected chi connectivity index (χ3v) is 4.17. The molecule has 4 radical (unpaired) electrons. The van der Waals surface area contributed by atoms with Crippen LogP contribution in [-0.2, 0) is 4.79 Å². The molecule has 0 saturated carbocycles. The monoisotopic (exact) mass is 358 g/mol. The molecular formula is C19H16B2N2O4. The summed E-state index contributed by atoms with van der Waals surface area (Å²) in [4.78, 5) is 23.7.